The fraction of sp³-hybridized carbons (Fsp3) is 0.400. The van der Waals surface area contributed by atoms with E-state index >= 15 is 0 Å². The van der Waals surface area contributed by atoms with Gasteiger partial charge in [0.2, 0.25) is 5.91 Å². The predicted molar refractivity (Wildman–Crippen MR) is 97.9 cm³/mol. The minimum atomic E-state index is 0.0338. The number of ether oxygens (including phenoxy) is 1. The Labute approximate surface area is 148 Å². The minimum Gasteiger partial charge on any atom is -0.379 e. The number of amides is 1. The van der Waals surface area contributed by atoms with E-state index in [9.17, 15) is 4.79 Å². The number of hydrogen-bond acceptors (Lipinski definition) is 3. The van der Waals surface area contributed by atoms with Crippen molar-refractivity contribution < 1.29 is 9.53 Å². The zero-order valence-electron chi connectivity index (χ0n) is 14.8. The summed E-state index contributed by atoms with van der Waals surface area (Å²) in [4.78, 5) is 14.8. The average Bonchev–Trinajstić information content (AvgIpc) is 3.06. The molecule has 0 radical (unpaired) electrons. The SMILES string of the molecule is CO[C@H]1CCCN(C(=O)C=Cc2cnn(C)c2)[C@H]1Cc1ccccc1. The Morgan fingerprint density at radius 3 is 2.84 bits per heavy atom. The van der Waals surface area contributed by atoms with E-state index in [-0.39, 0.29) is 18.1 Å². The van der Waals surface area contributed by atoms with Gasteiger partial charge in [0, 0.05) is 38.5 Å². The molecule has 0 saturated carbocycles. The van der Waals surface area contributed by atoms with Crippen LogP contribution in [0.1, 0.15) is 24.0 Å². The lowest BCUT2D eigenvalue weighted by Crippen LogP contribution is -2.52. The first-order valence-electron chi connectivity index (χ1n) is 8.71. The van der Waals surface area contributed by atoms with E-state index in [2.05, 4.69) is 17.2 Å². The van der Waals surface area contributed by atoms with Crippen molar-refractivity contribution in [3.05, 3.63) is 59.9 Å². The molecule has 1 aliphatic heterocycles. The topological polar surface area (TPSA) is 47.4 Å². The first-order chi connectivity index (χ1) is 12.2. The van der Waals surface area contributed by atoms with E-state index < -0.39 is 0 Å². The Bertz CT molecular complexity index is 724. The number of hydrogen-bond donors (Lipinski definition) is 0. The highest BCUT2D eigenvalue weighted by molar-refractivity contribution is 5.92. The number of piperidine rings is 1. The molecule has 132 valence electrons. The first kappa shape index (κ1) is 17.4. The molecule has 1 aromatic carbocycles. The van der Waals surface area contributed by atoms with Crippen molar-refractivity contribution in [2.75, 3.05) is 13.7 Å². The number of likely N-dealkylation sites (tertiary alicyclic amines) is 1. The zero-order chi connectivity index (χ0) is 17.6. The van der Waals surface area contributed by atoms with Crippen molar-refractivity contribution in [1.29, 1.82) is 0 Å². The summed E-state index contributed by atoms with van der Waals surface area (Å²) in [6.45, 7) is 0.771. The van der Waals surface area contributed by atoms with Crippen LogP contribution < -0.4 is 0 Å². The molecule has 0 unspecified atom stereocenters. The third kappa shape index (κ3) is 4.37. The number of carbonyl (C=O) groups is 1. The monoisotopic (exact) mass is 339 g/mol. The van der Waals surface area contributed by atoms with Gasteiger partial charge in [-0.3, -0.25) is 9.48 Å². The van der Waals surface area contributed by atoms with Gasteiger partial charge in [-0.1, -0.05) is 30.3 Å². The maximum Gasteiger partial charge on any atom is 0.246 e. The van der Waals surface area contributed by atoms with Crippen molar-refractivity contribution in [2.24, 2.45) is 7.05 Å². The highest BCUT2D eigenvalue weighted by atomic mass is 16.5. The van der Waals surface area contributed by atoms with Gasteiger partial charge in [-0.15, -0.1) is 0 Å². The second kappa shape index (κ2) is 8.12. The van der Waals surface area contributed by atoms with Gasteiger partial charge in [0.05, 0.1) is 18.3 Å². The molecule has 25 heavy (non-hydrogen) atoms. The Morgan fingerprint density at radius 2 is 2.16 bits per heavy atom. The highest BCUT2D eigenvalue weighted by Gasteiger charge is 2.33. The van der Waals surface area contributed by atoms with Gasteiger partial charge >= 0.3 is 0 Å². The zero-order valence-corrected chi connectivity index (χ0v) is 14.8. The molecule has 0 bridgehead atoms. The summed E-state index contributed by atoms with van der Waals surface area (Å²) < 4.78 is 7.42. The van der Waals surface area contributed by atoms with Crippen molar-refractivity contribution in [3.8, 4) is 0 Å². The van der Waals surface area contributed by atoms with E-state index in [1.807, 2.05) is 42.4 Å². The minimum absolute atomic E-state index is 0.0338. The Balaban J connectivity index is 1.76. The van der Waals surface area contributed by atoms with Crippen LogP contribution in [-0.4, -0.2) is 46.4 Å². The van der Waals surface area contributed by atoms with Crippen LogP contribution in [0.4, 0.5) is 0 Å². The van der Waals surface area contributed by atoms with Crippen molar-refractivity contribution in [1.82, 2.24) is 14.7 Å². The predicted octanol–water partition coefficient (Wildman–Crippen LogP) is 2.68. The Kier molecular flexibility index (Phi) is 5.66. The average molecular weight is 339 g/mol. The summed E-state index contributed by atoms with van der Waals surface area (Å²) in [5, 5.41) is 4.12. The quantitative estimate of drug-likeness (QED) is 0.787. The van der Waals surface area contributed by atoms with E-state index in [0.29, 0.717) is 0 Å². The fourth-order valence-electron chi connectivity index (χ4n) is 3.46. The van der Waals surface area contributed by atoms with Gasteiger partial charge < -0.3 is 9.64 Å². The van der Waals surface area contributed by atoms with E-state index in [4.69, 9.17) is 4.74 Å². The molecule has 0 N–H and O–H groups in total. The van der Waals surface area contributed by atoms with Crippen molar-refractivity contribution in [2.45, 2.75) is 31.4 Å². The molecule has 1 saturated heterocycles. The number of carbonyl (C=O) groups excluding carboxylic acids is 1. The first-order valence-corrected chi connectivity index (χ1v) is 8.71. The summed E-state index contributed by atoms with van der Waals surface area (Å²) >= 11 is 0. The molecule has 0 spiro atoms. The molecule has 2 aromatic rings. The summed E-state index contributed by atoms with van der Waals surface area (Å²) in [6.07, 6.45) is 9.95. The van der Waals surface area contributed by atoms with Crippen LogP contribution in [0.5, 0.6) is 0 Å². The number of rotatable bonds is 5. The molecule has 1 amide bonds. The van der Waals surface area contributed by atoms with Gasteiger partial charge in [0.25, 0.3) is 0 Å². The molecule has 2 heterocycles. The largest absolute Gasteiger partial charge is 0.379 e. The van der Waals surface area contributed by atoms with Crippen LogP contribution in [0.15, 0.2) is 48.8 Å². The van der Waals surface area contributed by atoms with Crippen LogP contribution in [0.3, 0.4) is 0 Å². The van der Waals surface area contributed by atoms with Crippen LogP contribution >= 0.6 is 0 Å². The van der Waals surface area contributed by atoms with Crippen molar-refractivity contribution in [3.63, 3.8) is 0 Å². The molecule has 0 aliphatic carbocycles. The maximum atomic E-state index is 12.8. The molecule has 5 nitrogen and oxygen atoms in total. The van der Waals surface area contributed by atoms with E-state index in [0.717, 1.165) is 31.4 Å². The number of methoxy groups -OCH3 is 1. The summed E-state index contributed by atoms with van der Waals surface area (Å²) in [5.74, 6) is 0.0338. The van der Waals surface area contributed by atoms with Crippen LogP contribution in [0.25, 0.3) is 6.08 Å². The van der Waals surface area contributed by atoms with Gasteiger partial charge in [-0.25, -0.2) is 0 Å². The lowest BCUT2D eigenvalue weighted by molar-refractivity contribution is -0.134. The standard InChI is InChI=1S/C20H25N3O2/c1-22-15-17(14-21-22)10-11-20(24)23-12-6-9-19(25-2)18(23)13-16-7-4-3-5-8-16/h3-5,7-8,10-11,14-15,18-19H,6,9,12-13H2,1-2H3/t18-,19-/m0/s1. The number of aryl methyl sites for hydroxylation is 1. The molecule has 1 fully saturated rings. The third-order valence-electron chi connectivity index (χ3n) is 4.73. The van der Waals surface area contributed by atoms with Crippen LogP contribution in [0.2, 0.25) is 0 Å². The lowest BCUT2D eigenvalue weighted by atomic mass is 9.92. The van der Waals surface area contributed by atoms with Gasteiger partial charge in [-0.2, -0.15) is 5.10 Å². The highest BCUT2D eigenvalue weighted by Crippen LogP contribution is 2.24. The van der Waals surface area contributed by atoms with Crippen LogP contribution in [-0.2, 0) is 23.0 Å². The third-order valence-corrected chi connectivity index (χ3v) is 4.73. The van der Waals surface area contributed by atoms with E-state index in [1.54, 1.807) is 24.1 Å². The normalized spacial score (nSPS) is 21.0. The van der Waals surface area contributed by atoms with Gasteiger partial charge in [-0.05, 0) is 30.9 Å². The Morgan fingerprint density at radius 1 is 1.36 bits per heavy atom. The molecular weight excluding hydrogens is 314 g/mol. The van der Waals surface area contributed by atoms with Gasteiger partial charge in [0.1, 0.15) is 0 Å². The summed E-state index contributed by atoms with van der Waals surface area (Å²) in [5.41, 5.74) is 2.15. The maximum absolute atomic E-state index is 12.8. The number of aromatic nitrogens is 2. The smallest absolute Gasteiger partial charge is 0.246 e. The lowest BCUT2D eigenvalue weighted by Gasteiger charge is -2.40. The Hall–Kier alpha value is -2.40. The number of benzene rings is 1. The second-order valence-corrected chi connectivity index (χ2v) is 6.49. The summed E-state index contributed by atoms with van der Waals surface area (Å²) in [7, 11) is 3.60. The molecule has 1 aromatic heterocycles. The number of nitrogens with zero attached hydrogens (tertiary/aromatic N) is 3. The van der Waals surface area contributed by atoms with Crippen molar-refractivity contribution >= 4 is 12.0 Å². The molecular formula is C20H25N3O2. The van der Waals surface area contributed by atoms with Crippen LogP contribution in [0, 0.1) is 0 Å². The molecule has 3 rings (SSSR count). The van der Waals surface area contributed by atoms with Gasteiger partial charge in [0.15, 0.2) is 0 Å². The van der Waals surface area contributed by atoms with E-state index in [1.165, 1.54) is 5.56 Å². The summed E-state index contributed by atoms with van der Waals surface area (Å²) in [6, 6.07) is 10.4. The second-order valence-electron chi connectivity index (χ2n) is 6.49. The molecule has 5 heteroatoms. The molecule has 1 aliphatic rings. The molecule has 2 atom stereocenters. The fourth-order valence-corrected chi connectivity index (χ4v) is 3.46.